The number of carbonyl (C=O) groups excluding carboxylic acids is 2. The quantitative estimate of drug-likeness (QED) is 0.732. The third-order valence-electron chi connectivity index (χ3n) is 2.52. The number of nitrogens with one attached hydrogen (secondary N) is 3. The molecular formula is C13H15N5O2S. The van der Waals surface area contributed by atoms with Crippen LogP contribution in [0.4, 0.5) is 11.4 Å². The van der Waals surface area contributed by atoms with Gasteiger partial charge in [0, 0.05) is 18.3 Å². The summed E-state index contributed by atoms with van der Waals surface area (Å²) in [5, 5.41) is 12.2. The zero-order valence-corrected chi connectivity index (χ0v) is 12.4. The molecule has 0 aliphatic heterocycles. The van der Waals surface area contributed by atoms with Crippen LogP contribution in [0.15, 0.2) is 35.7 Å². The predicted octanol–water partition coefficient (Wildman–Crippen LogP) is 1.88. The van der Waals surface area contributed by atoms with E-state index < -0.39 is 0 Å². The molecule has 2 amide bonds. The summed E-state index contributed by atoms with van der Waals surface area (Å²) in [4.78, 5) is 26.9. The van der Waals surface area contributed by atoms with Crippen molar-refractivity contribution in [1.29, 1.82) is 0 Å². The zero-order valence-electron chi connectivity index (χ0n) is 11.6. The molecule has 0 saturated carbocycles. The summed E-state index contributed by atoms with van der Waals surface area (Å²) in [5.41, 5.74) is 1.35. The molecule has 0 fully saturated rings. The molecule has 7 nitrogen and oxygen atoms in total. The summed E-state index contributed by atoms with van der Waals surface area (Å²) < 4.78 is 0. The van der Waals surface area contributed by atoms with Gasteiger partial charge in [-0.15, -0.1) is 0 Å². The van der Waals surface area contributed by atoms with Gasteiger partial charge < -0.3 is 10.6 Å². The van der Waals surface area contributed by atoms with E-state index in [2.05, 4.69) is 25.8 Å². The molecule has 0 spiro atoms. The van der Waals surface area contributed by atoms with Gasteiger partial charge in [0.1, 0.15) is 6.33 Å². The van der Waals surface area contributed by atoms with Crippen LogP contribution in [0.5, 0.6) is 0 Å². The summed E-state index contributed by atoms with van der Waals surface area (Å²) in [6.07, 6.45) is 1.40. The summed E-state index contributed by atoms with van der Waals surface area (Å²) in [6, 6.07) is 6.92. The van der Waals surface area contributed by atoms with Crippen molar-refractivity contribution in [2.45, 2.75) is 24.3 Å². The number of benzene rings is 1. The van der Waals surface area contributed by atoms with Crippen LogP contribution in [0.3, 0.4) is 0 Å². The molecule has 2 aromatic rings. The van der Waals surface area contributed by atoms with E-state index in [4.69, 9.17) is 0 Å². The third-order valence-corrected chi connectivity index (χ3v) is 3.51. The number of aromatic amines is 1. The van der Waals surface area contributed by atoms with Gasteiger partial charge in [0.25, 0.3) is 0 Å². The van der Waals surface area contributed by atoms with Crippen molar-refractivity contribution in [1.82, 2.24) is 15.2 Å². The molecule has 1 aromatic heterocycles. The number of amides is 2. The Labute approximate surface area is 125 Å². The van der Waals surface area contributed by atoms with Crippen molar-refractivity contribution < 1.29 is 9.59 Å². The molecule has 1 atom stereocenters. The topological polar surface area (TPSA) is 99.8 Å². The molecule has 110 valence electrons. The average Bonchev–Trinajstić information content (AvgIpc) is 2.93. The number of thioether (sulfide) groups is 1. The Morgan fingerprint density at radius 2 is 1.81 bits per heavy atom. The van der Waals surface area contributed by atoms with Crippen molar-refractivity contribution in [3.8, 4) is 0 Å². The van der Waals surface area contributed by atoms with Gasteiger partial charge in [-0.2, -0.15) is 5.10 Å². The van der Waals surface area contributed by atoms with E-state index >= 15 is 0 Å². The number of aromatic nitrogens is 3. The number of hydrogen-bond donors (Lipinski definition) is 3. The Hall–Kier alpha value is -2.35. The standard InChI is InChI=1S/C13H15N5O2S/c1-8(21-13-14-7-15-18-13)12(20)17-11-5-3-10(4-6-11)16-9(2)19/h3-8H,1-2H3,(H,16,19)(H,17,20)(H,14,15,18)/t8-/m1/s1. The fourth-order valence-electron chi connectivity index (χ4n) is 1.56. The first kappa shape index (κ1) is 15.0. The highest BCUT2D eigenvalue weighted by atomic mass is 32.2. The zero-order chi connectivity index (χ0) is 15.2. The van der Waals surface area contributed by atoms with Gasteiger partial charge in [-0.1, -0.05) is 11.8 Å². The van der Waals surface area contributed by atoms with Gasteiger partial charge in [0.15, 0.2) is 5.16 Å². The maximum absolute atomic E-state index is 12.0. The monoisotopic (exact) mass is 305 g/mol. The van der Waals surface area contributed by atoms with Crippen molar-refractivity contribution >= 4 is 35.0 Å². The molecular weight excluding hydrogens is 290 g/mol. The molecule has 1 aromatic carbocycles. The van der Waals surface area contributed by atoms with Gasteiger partial charge in [0.05, 0.1) is 5.25 Å². The van der Waals surface area contributed by atoms with Gasteiger partial charge >= 0.3 is 0 Å². The summed E-state index contributed by atoms with van der Waals surface area (Å²) in [5.74, 6) is -0.271. The van der Waals surface area contributed by atoms with E-state index in [-0.39, 0.29) is 17.1 Å². The number of anilines is 2. The number of H-pyrrole nitrogens is 1. The maximum atomic E-state index is 12.0. The Balaban J connectivity index is 1.91. The molecule has 0 bridgehead atoms. The van der Waals surface area contributed by atoms with Crippen molar-refractivity contribution in [3.63, 3.8) is 0 Å². The van der Waals surface area contributed by atoms with E-state index in [1.807, 2.05) is 0 Å². The molecule has 0 saturated heterocycles. The molecule has 21 heavy (non-hydrogen) atoms. The average molecular weight is 305 g/mol. The first-order chi connectivity index (χ1) is 10.0. The normalized spacial score (nSPS) is 11.7. The Morgan fingerprint density at radius 1 is 1.19 bits per heavy atom. The number of rotatable bonds is 5. The molecule has 0 radical (unpaired) electrons. The second-order valence-electron chi connectivity index (χ2n) is 4.30. The van der Waals surface area contributed by atoms with Crippen molar-refractivity contribution in [3.05, 3.63) is 30.6 Å². The lowest BCUT2D eigenvalue weighted by molar-refractivity contribution is -0.115. The molecule has 1 heterocycles. The molecule has 3 N–H and O–H groups in total. The van der Waals surface area contributed by atoms with Crippen LogP contribution in [0.2, 0.25) is 0 Å². The van der Waals surface area contributed by atoms with E-state index in [0.29, 0.717) is 16.5 Å². The van der Waals surface area contributed by atoms with E-state index in [1.165, 1.54) is 25.0 Å². The third kappa shape index (κ3) is 4.60. The minimum atomic E-state index is -0.312. The molecule has 0 aliphatic carbocycles. The Morgan fingerprint density at radius 3 is 2.33 bits per heavy atom. The van der Waals surface area contributed by atoms with Crippen molar-refractivity contribution in [2.24, 2.45) is 0 Å². The lowest BCUT2D eigenvalue weighted by atomic mass is 10.2. The van der Waals surface area contributed by atoms with Crippen LogP contribution in [0.25, 0.3) is 0 Å². The van der Waals surface area contributed by atoms with Crippen LogP contribution in [0.1, 0.15) is 13.8 Å². The fourth-order valence-corrected chi connectivity index (χ4v) is 2.27. The first-order valence-corrected chi connectivity index (χ1v) is 7.13. The second-order valence-corrected chi connectivity index (χ2v) is 5.63. The van der Waals surface area contributed by atoms with Gasteiger partial charge in [-0.25, -0.2) is 4.98 Å². The highest BCUT2D eigenvalue weighted by Gasteiger charge is 2.15. The number of carbonyl (C=O) groups is 2. The van der Waals surface area contributed by atoms with E-state index in [9.17, 15) is 9.59 Å². The van der Waals surface area contributed by atoms with E-state index in [1.54, 1.807) is 31.2 Å². The van der Waals surface area contributed by atoms with Gasteiger partial charge in [-0.3, -0.25) is 14.7 Å². The van der Waals surface area contributed by atoms with Crippen LogP contribution < -0.4 is 10.6 Å². The smallest absolute Gasteiger partial charge is 0.237 e. The highest BCUT2D eigenvalue weighted by molar-refractivity contribution is 8.00. The van der Waals surface area contributed by atoms with Gasteiger partial charge in [0.2, 0.25) is 11.8 Å². The lowest BCUT2D eigenvalue weighted by Crippen LogP contribution is -2.22. The molecule has 2 rings (SSSR count). The highest BCUT2D eigenvalue weighted by Crippen LogP contribution is 2.20. The van der Waals surface area contributed by atoms with Crippen LogP contribution in [-0.4, -0.2) is 32.2 Å². The SMILES string of the molecule is CC(=O)Nc1ccc(NC(=O)[C@@H](C)Sc2ncn[nH]2)cc1. The number of nitrogens with zero attached hydrogens (tertiary/aromatic N) is 2. The predicted molar refractivity (Wildman–Crippen MR) is 81.1 cm³/mol. The molecule has 8 heteroatoms. The largest absolute Gasteiger partial charge is 0.326 e. The van der Waals surface area contributed by atoms with E-state index in [0.717, 1.165) is 0 Å². The number of hydrogen-bond acceptors (Lipinski definition) is 5. The second kappa shape index (κ2) is 6.89. The Bertz CT molecular complexity index is 612. The Kier molecular flexibility index (Phi) is 4.94. The van der Waals surface area contributed by atoms with Crippen LogP contribution in [0, 0.1) is 0 Å². The minimum Gasteiger partial charge on any atom is -0.326 e. The molecule has 0 aliphatic rings. The minimum absolute atomic E-state index is 0.135. The summed E-state index contributed by atoms with van der Waals surface area (Å²) >= 11 is 1.29. The van der Waals surface area contributed by atoms with Crippen molar-refractivity contribution in [2.75, 3.05) is 10.6 Å². The first-order valence-electron chi connectivity index (χ1n) is 6.25. The fraction of sp³-hybridized carbons (Fsp3) is 0.231. The van der Waals surface area contributed by atoms with Crippen LogP contribution in [-0.2, 0) is 9.59 Å². The summed E-state index contributed by atoms with van der Waals surface area (Å²) in [6.45, 7) is 3.23. The molecule has 0 unspecified atom stereocenters. The van der Waals surface area contributed by atoms with Crippen LogP contribution >= 0.6 is 11.8 Å². The van der Waals surface area contributed by atoms with Gasteiger partial charge in [-0.05, 0) is 31.2 Å². The summed E-state index contributed by atoms with van der Waals surface area (Å²) in [7, 11) is 0. The lowest BCUT2D eigenvalue weighted by Gasteiger charge is -2.11. The maximum Gasteiger partial charge on any atom is 0.237 e.